The summed E-state index contributed by atoms with van der Waals surface area (Å²) < 4.78 is 0. The Morgan fingerprint density at radius 2 is 1.71 bits per heavy atom. The molecule has 0 radical (unpaired) electrons. The molecule has 0 heterocycles. The highest BCUT2D eigenvalue weighted by Crippen LogP contribution is 2.12. The molecular weight excluding hydrogens is 172 g/mol. The number of hydrogen-bond donors (Lipinski definition) is 1. The third kappa shape index (κ3) is 4.97. The average Bonchev–Trinajstić information content (AvgIpc) is 2.15. The van der Waals surface area contributed by atoms with Gasteiger partial charge in [-0.15, -0.1) is 0 Å². The molecule has 0 aromatic rings. The molecule has 0 aromatic carbocycles. The molecule has 0 aliphatic carbocycles. The van der Waals surface area contributed by atoms with Gasteiger partial charge < -0.3 is 10.2 Å². The van der Waals surface area contributed by atoms with Crippen molar-refractivity contribution >= 4 is 0 Å². The van der Waals surface area contributed by atoms with Crippen LogP contribution in [-0.2, 0) is 0 Å². The Morgan fingerprint density at radius 3 is 2.14 bits per heavy atom. The summed E-state index contributed by atoms with van der Waals surface area (Å²) in [5, 5.41) is 3.38. The molecule has 2 atom stereocenters. The zero-order chi connectivity index (χ0) is 11.1. The minimum atomic E-state index is 0.673. The van der Waals surface area contributed by atoms with Gasteiger partial charge in [-0.25, -0.2) is 0 Å². The van der Waals surface area contributed by atoms with Gasteiger partial charge in [-0.1, -0.05) is 20.8 Å². The first kappa shape index (κ1) is 13.9. The Morgan fingerprint density at radius 1 is 1.14 bits per heavy atom. The highest BCUT2D eigenvalue weighted by atomic mass is 15.2. The minimum absolute atomic E-state index is 0.673. The Bertz CT molecular complexity index is 134. The van der Waals surface area contributed by atoms with Gasteiger partial charge in [0.05, 0.1) is 0 Å². The lowest BCUT2D eigenvalue weighted by Crippen LogP contribution is -2.41. The van der Waals surface area contributed by atoms with E-state index in [2.05, 4.69) is 51.9 Å². The normalized spacial score (nSPS) is 16.3. The molecular formula is C12H28N2. The van der Waals surface area contributed by atoms with Gasteiger partial charge in [-0.05, 0) is 46.3 Å². The molecule has 2 unspecified atom stereocenters. The van der Waals surface area contributed by atoms with E-state index in [1.54, 1.807) is 0 Å². The van der Waals surface area contributed by atoms with Crippen LogP contribution in [0.3, 0.4) is 0 Å². The fraction of sp³-hybridized carbons (Fsp3) is 1.00. The molecule has 0 rings (SSSR count). The van der Waals surface area contributed by atoms with Crippen LogP contribution in [0.4, 0.5) is 0 Å². The molecule has 0 spiro atoms. The molecule has 0 fully saturated rings. The van der Waals surface area contributed by atoms with E-state index in [4.69, 9.17) is 0 Å². The second-order valence-electron chi connectivity index (χ2n) is 4.64. The number of hydrogen-bond acceptors (Lipinski definition) is 2. The Hall–Kier alpha value is -0.0800. The van der Waals surface area contributed by atoms with E-state index in [9.17, 15) is 0 Å². The van der Waals surface area contributed by atoms with Crippen molar-refractivity contribution in [2.75, 3.05) is 20.1 Å². The van der Waals surface area contributed by atoms with E-state index >= 15 is 0 Å². The summed E-state index contributed by atoms with van der Waals surface area (Å²) in [5.41, 5.74) is 0. The molecule has 14 heavy (non-hydrogen) atoms. The Labute approximate surface area is 90.1 Å². The van der Waals surface area contributed by atoms with E-state index in [1.165, 1.54) is 6.42 Å². The minimum Gasteiger partial charge on any atom is -0.317 e. The smallest absolute Gasteiger partial charge is 0.00897 e. The summed E-state index contributed by atoms with van der Waals surface area (Å²) in [4.78, 5) is 2.49. The van der Waals surface area contributed by atoms with Crippen molar-refractivity contribution in [1.29, 1.82) is 0 Å². The molecule has 0 bridgehead atoms. The monoisotopic (exact) mass is 200 g/mol. The van der Waals surface area contributed by atoms with Crippen LogP contribution in [0, 0.1) is 5.92 Å². The van der Waals surface area contributed by atoms with E-state index in [1.807, 2.05) is 0 Å². The van der Waals surface area contributed by atoms with Crippen LogP contribution in [0.15, 0.2) is 0 Å². The van der Waals surface area contributed by atoms with E-state index in [0.29, 0.717) is 12.1 Å². The number of nitrogens with zero attached hydrogens (tertiary/aromatic N) is 1. The van der Waals surface area contributed by atoms with Gasteiger partial charge in [0, 0.05) is 12.1 Å². The second kappa shape index (κ2) is 7.24. The lowest BCUT2D eigenvalue weighted by Gasteiger charge is -2.33. The first-order chi connectivity index (χ1) is 6.50. The van der Waals surface area contributed by atoms with Gasteiger partial charge in [-0.2, -0.15) is 0 Å². The SMILES string of the molecule is CCNCCC(C)N(C)C(C)C(C)C. The van der Waals surface area contributed by atoms with Crippen LogP contribution < -0.4 is 5.32 Å². The summed E-state index contributed by atoms with van der Waals surface area (Å²) in [6.45, 7) is 13.6. The quantitative estimate of drug-likeness (QED) is 0.635. The Kier molecular flexibility index (Phi) is 7.20. The first-order valence-electron chi connectivity index (χ1n) is 5.93. The number of nitrogens with one attached hydrogen (secondary N) is 1. The maximum absolute atomic E-state index is 3.38. The topological polar surface area (TPSA) is 15.3 Å². The van der Waals surface area contributed by atoms with Crippen LogP contribution in [0.2, 0.25) is 0 Å². The van der Waals surface area contributed by atoms with Crippen molar-refractivity contribution < 1.29 is 0 Å². The standard InChI is InChI=1S/C12H28N2/c1-7-13-9-8-11(4)14(6)12(5)10(2)3/h10-13H,7-9H2,1-6H3. The van der Waals surface area contributed by atoms with Gasteiger partial charge in [0.1, 0.15) is 0 Å². The van der Waals surface area contributed by atoms with Gasteiger partial charge in [0.15, 0.2) is 0 Å². The highest BCUT2D eigenvalue weighted by molar-refractivity contribution is 4.73. The fourth-order valence-electron chi connectivity index (χ4n) is 1.56. The largest absolute Gasteiger partial charge is 0.317 e. The van der Waals surface area contributed by atoms with Crippen molar-refractivity contribution in [3.8, 4) is 0 Å². The predicted octanol–water partition coefficient (Wildman–Crippen LogP) is 2.35. The maximum atomic E-state index is 3.38. The molecule has 0 saturated heterocycles. The molecule has 1 N–H and O–H groups in total. The molecule has 0 aromatic heterocycles. The van der Waals surface area contributed by atoms with Gasteiger partial charge in [0.25, 0.3) is 0 Å². The van der Waals surface area contributed by atoms with Crippen molar-refractivity contribution in [2.24, 2.45) is 5.92 Å². The third-order valence-corrected chi connectivity index (χ3v) is 3.29. The zero-order valence-electron chi connectivity index (χ0n) is 10.8. The zero-order valence-corrected chi connectivity index (χ0v) is 10.8. The van der Waals surface area contributed by atoms with E-state index in [0.717, 1.165) is 19.0 Å². The predicted molar refractivity (Wildman–Crippen MR) is 64.7 cm³/mol. The van der Waals surface area contributed by atoms with Gasteiger partial charge in [-0.3, -0.25) is 0 Å². The second-order valence-corrected chi connectivity index (χ2v) is 4.64. The maximum Gasteiger partial charge on any atom is 0.00897 e. The summed E-state index contributed by atoms with van der Waals surface area (Å²) in [6, 6.07) is 1.35. The van der Waals surface area contributed by atoms with Crippen LogP contribution in [-0.4, -0.2) is 37.1 Å². The van der Waals surface area contributed by atoms with Crippen molar-refractivity contribution in [3.05, 3.63) is 0 Å². The molecule has 0 aliphatic rings. The summed E-state index contributed by atoms with van der Waals surface area (Å²) in [6.07, 6.45) is 1.24. The lowest BCUT2D eigenvalue weighted by atomic mass is 10.0. The molecule has 86 valence electrons. The van der Waals surface area contributed by atoms with Crippen molar-refractivity contribution in [3.63, 3.8) is 0 Å². The highest BCUT2D eigenvalue weighted by Gasteiger charge is 2.17. The van der Waals surface area contributed by atoms with Crippen LogP contribution >= 0.6 is 0 Å². The van der Waals surface area contributed by atoms with Gasteiger partial charge >= 0.3 is 0 Å². The third-order valence-electron chi connectivity index (χ3n) is 3.29. The summed E-state index contributed by atoms with van der Waals surface area (Å²) >= 11 is 0. The van der Waals surface area contributed by atoms with E-state index < -0.39 is 0 Å². The molecule has 0 amide bonds. The van der Waals surface area contributed by atoms with E-state index in [-0.39, 0.29) is 0 Å². The van der Waals surface area contributed by atoms with Crippen molar-refractivity contribution in [1.82, 2.24) is 10.2 Å². The summed E-state index contributed by atoms with van der Waals surface area (Å²) in [7, 11) is 2.24. The molecule has 2 heteroatoms. The van der Waals surface area contributed by atoms with Crippen LogP contribution in [0.1, 0.15) is 41.0 Å². The average molecular weight is 200 g/mol. The van der Waals surface area contributed by atoms with Gasteiger partial charge in [0.2, 0.25) is 0 Å². The molecule has 0 saturated carbocycles. The van der Waals surface area contributed by atoms with Crippen LogP contribution in [0.25, 0.3) is 0 Å². The van der Waals surface area contributed by atoms with Crippen LogP contribution in [0.5, 0.6) is 0 Å². The number of rotatable bonds is 7. The first-order valence-corrected chi connectivity index (χ1v) is 5.93. The molecule has 0 aliphatic heterocycles. The Balaban J connectivity index is 3.80. The van der Waals surface area contributed by atoms with Crippen molar-refractivity contribution in [2.45, 2.75) is 53.1 Å². The fourth-order valence-corrected chi connectivity index (χ4v) is 1.56. The molecule has 2 nitrogen and oxygen atoms in total. The summed E-state index contributed by atoms with van der Waals surface area (Å²) in [5.74, 6) is 0.738. The lowest BCUT2D eigenvalue weighted by molar-refractivity contribution is 0.151.